The van der Waals surface area contributed by atoms with Gasteiger partial charge in [-0.3, -0.25) is 4.79 Å². The third-order valence-electron chi connectivity index (χ3n) is 4.23. The summed E-state index contributed by atoms with van der Waals surface area (Å²) in [6.07, 6.45) is 3.90. The van der Waals surface area contributed by atoms with Crippen LogP contribution in [0.5, 0.6) is 5.75 Å². The molecule has 0 spiro atoms. The lowest BCUT2D eigenvalue weighted by Crippen LogP contribution is -2.42. The zero-order chi connectivity index (χ0) is 16.2. The maximum atomic E-state index is 11.9. The molecule has 0 bridgehead atoms. The zero-order valence-electron chi connectivity index (χ0n) is 13.9. The van der Waals surface area contributed by atoms with Gasteiger partial charge >= 0.3 is 0 Å². The minimum atomic E-state index is -0.0552. The van der Waals surface area contributed by atoms with Gasteiger partial charge in [0.25, 0.3) is 5.91 Å². The first-order chi connectivity index (χ1) is 10.3. The van der Waals surface area contributed by atoms with Gasteiger partial charge in [-0.1, -0.05) is 32.9 Å². The van der Waals surface area contributed by atoms with E-state index < -0.39 is 0 Å². The molecule has 1 aromatic rings. The van der Waals surface area contributed by atoms with E-state index in [1.807, 2.05) is 12.1 Å². The number of amides is 1. The predicted molar refractivity (Wildman–Crippen MR) is 89.0 cm³/mol. The van der Waals surface area contributed by atoms with E-state index in [-0.39, 0.29) is 24.0 Å². The van der Waals surface area contributed by atoms with E-state index in [4.69, 9.17) is 10.5 Å². The first kappa shape index (κ1) is 16.8. The van der Waals surface area contributed by atoms with Gasteiger partial charge < -0.3 is 15.8 Å². The Balaban J connectivity index is 1.76. The summed E-state index contributed by atoms with van der Waals surface area (Å²) in [6.45, 7) is 6.59. The van der Waals surface area contributed by atoms with E-state index in [1.165, 1.54) is 5.56 Å². The van der Waals surface area contributed by atoms with Gasteiger partial charge in [0, 0.05) is 12.1 Å². The fourth-order valence-electron chi connectivity index (χ4n) is 2.73. The first-order valence-electron chi connectivity index (χ1n) is 8.13. The summed E-state index contributed by atoms with van der Waals surface area (Å²) in [4.78, 5) is 11.9. The largest absolute Gasteiger partial charge is 0.484 e. The number of carbonyl (C=O) groups excluding carboxylic acids is 1. The molecule has 1 saturated carbocycles. The number of hydrogen-bond donors (Lipinski definition) is 2. The van der Waals surface area contributed by atoms with Gasteiger partial charge in [-0.2, -0.15) is 0 Å². The second-order valence-electron chi connectivity index (χ2n) is 7.24. The average Bonchev–Trinajstić information content (AvgIpc) is 2.47. The molecule has 1 fully saturated rings. The van der Waals surface area contributed by atoms with E-state index in [0.29, 0.717) is 6.04 Å². The van der Waals surface area contributed by atoms with Crippen molar-refractivity contribution in [1.29, 1.82) is 0 Å². The lowest BCUT2D eigenvalue weighted by Gasteiger charge is -2.26. The van der Waals surface area contributed by atoms with Gasteiger partial charge in [0.1, 0.15) is 5.75 Å². The third kappa shape index (κ3) is 5.02. The standard InChI is InChI=1S/C18H28N2O2/c1-18(2,3)13-4-10-16(11-5-13)22-12-17(21)20-15-8-6-14(19)7-9-15/h4-5,10-11,14-15H,6-9,12,19H2,1-3H3,(H,20,21). The van der Waals surface area contributed by atoms with Gasteiger partial charge in [-0.25, -0.2) is 0 Å². The highest BCUT2D eigenvalue weighted by Gasteiger charge is 2.20. The Morgan fingerprint density at radius 3 is 2.32 bits per heavy atom. The van der Waals surface area contributed by atoms with Crippen molar-refractivity contribution in [2.24, 2.45) is 5.73 Å². The van der Waals surface area contributed by atoms with Crippen molar-refractivity contribution in [3.8, 4) is 5.75 Å². The summed E-state index contributed by atoms with van der Waals surface area (Å²) >= 11 is 0. The van der Waals surface area contributed by atoms with Crippen molar-refractivity contribution >= 4 is 5.91 Å². The molecular formula is C18H28N2O2. The molecule has 1 aliphatic carbocycles. The number of nitrogens with one attached hydrogen (secondary N) is 1. The summed E-state index contributed by atoms with van der Waals surface area (Å²) in [7, 11) is 0. The van der Waals surface area contributed by atoms with Crippen molar-refractivity contribution in [3.63, 3.8) is 0 Å². The summed E-state index contributed by atoms with van der Waals surface area (Å²) in [5.41, 5.74) is 7.24. The molecule has 0 atom stereocenters. The number of ether oxygens (including phenoxy) is 1. The second kappa shape index (κ2) is 7.14. The molecule has 0 radical (unpaired) electrons. The van der Waals surface area contributed by atoms with E-state index in [0.717, 1.165) is 31.4 Å². The molecule has 0 unspecified atom stereocenters. The predicted octanol–water partition coefficient (Wildman–Crippen LogP) is 2.75. The third-order valence-corrected chi connectivity index (χ3v) is 4.23. The number of benzene rings is 1. The Kier molecular flexibility index (Phi) is 5.46. The summed E-state index contributed by atoms with van der Waals surface area (Å²) in [5, 5.41) is 3.03. The second-order valence-corrected chi connectivity index (χ2v) is 7.24. The van der Waals surface area contributed by atoms with Crippen LogP contribution in [0.4, 0.5) is 0 Å². The molecule has 1 amide bonds. The van der Waals surface area contributed by atoms with Gasteiger partial charge in [-0.05, 0) is 48.8 Å². The van der Waals surface area contributed by atoms with Crippen LogP contribution in [-0.2, 0) is 10.2 Å². The SMILES string of the molecule is CC(C)(C)c1ccc(OCC(=O)NC2CCC(N)CC2)cc1. The number of carbonyl (C=O) groups is 1. The summed E-state index contributed by atoms with van der Waals surface area (Å²) < 4.78 is 5.56. The highest BCUT2D eigenvalue weighted by Crippen LogP contribution is 2.24. The molecular weight excluding hydrogens is 276 g/mol. The summed E-state index contributed by atoms with van der Waals surface area (Å²) in [6, 6.07) is 8.50. The van der Waals surface area contributed by atoms with Crippen LogP contribution in [-0.4, -0.2) is 24.6 Å². The Morgan fingerprint density at radius 1 is 1.18 bits per heavy atom. The van der Waals surface area contributed by atoms with Gasteiger partial charge in [-0.15, -0.1) is 0 Å². The highest BCUT2D eigenvalue weighted by atomic mass is 16.5. The van der Waals surface area contributed by atoms with Crippen LogP contribution < -0.4 is 15.8 Å². The molecule has 2 rings (SSSR count). The molecule has 1 aliphatic rings. The van der Waals surface area contributed by atoms with Crippen LogP contribution in [0.2, 0.25) is 0 Å². The molecule has 3 N–H and O–H groups in total. The Labute approximate surface area is 133 Å². The molecule has 0 saturated heterocycles. The number of hydrogen-bond acceptors (Lipinski definition) is 3. The average molecular weight is 304 g/mol. The molecule has 0 aromatic heterocycles. The van der Waals surface area contributed by atoms with Crippen molar-refractivity contribution in [2.45, 2.75) is 64.0 Å². The highest BCUT2D eigenvalue weighted by molar-refractivity contribution is 5.77. The van der Waals surface area contributed by atoms with E-state index in [9.17, 15) is 4.79 Å². The first-order valence-corrected chi connectivity index (χ1v) is 8.13. The van der Waals surface area contributed by atoms with Crippen molar-refractivity contribution in [1.82, 2.24) is 5.32 Å². The molecule has 4 heteroatoms. The zero-order valence-corrected chi connectivity index (χ0v) is 13.9. The number of nitrogens with two attached hydrogens (primary N) is 1. The molecule has 0 heterocycles. The summed E-state index contributed by atoms with van der Waals surface area (Å²) in [5.74, 6) is 0.675. The molecule has 1 aromatic carbocycles. The monoisotopic (exact) mass is 304 g/mol. The van der Waals surface area contributed by atoms with E-state index in [1.54, 1.807) is 0 Å². The van der Waals surface area contributed by atoms with E-state index in [2.05, 4.69) is 38.2 Å². The lowest BCUT2D eigenvalue weighted by atomic mass is 9.87. The Morgan fingerprint density at radius 2 is 1.77 bits per heavy atom. The smallest absolute Gasteiger partial charge is 0.258 e. The minimum Gasteiger partial charge on any atom is -0.484 e. The van der Waals surface area contributed by atoms with Gasteiger partial charge in [0.05, 0.1) is 0 Å². The fourth-order valence-corrected chi connectivity index (χ4v) is 2.73. The quantitative estimate of drug-likeness (QED) is 0.899. The maximum Gasteiger partial charge on any atom is 0.258 e. The fraction of sp³-hybridized carbons (Fsp3) is 0.611. The maximum absolute atomic E-state index is 11.9. The lowest BCUT2D eigenvalue weighted by molar-refractivity contribution is -0.124. The number of rotatable bonds is 4. The van der Waals surface area contributed by atoms with Crippen LogP contribution in [0.25, 0.3) is 0 Å². The molecule has 122 valence electrons. The van der Waals surface area contributed by atoms with E-state index >= 15 is 0 Å². The van der Waals surface area contributed by atoms with Gasteiger partial charge in [0.2, 0.25) is 0 Å². The van der Waals surface area contributed by atoms with Crippen molar-refractivity contribution in [2.75, 3.05) is 6.61 Å². The molecule has 22 heavy (non-hydrogen) atoms. The molecule has 0 aliphatic heterocycles. The van der Waals surface area contributed by atoms with Gasteiger partial charge in [0.15, 0.2) is 6.61 Å². The van der Waals surface area contributed by atoms with Crippen LogP contribution in [0.3, 0.4) is 0 Å². The van der Waals surface area contributed by atoms with Crippen LogP contribution in [0.15, 0.2) is 24.3 Å². The Bertz CT molecular complexity index is 483. The van der Waals surface area contributed by atoms with Crippen LogP contribution in [0, 0.1) is 0 Å². The minimum absolute atomic E-state index is 0.0552. The van der Waals surface area contributed by atoms with Crippen molar-refractivity contribution < 1.29 is 9.53 Å². The van der Waals surface area contributed by atoms with Crippen molar-refractivity contribution in [3.05, 3.63) is 29.8 Å². The normalized spacial score (nSPS) is 22.2. The topological polar surface area (TPSA) is 64.3 Å². The van der Waals surface area contributed by atoms with Crippen LogP contribution >= 0.6 is 0 Å². The van der Waals surface area contributed by atoms with Crippen LogP contribution in [0.1, 0.15) is 52.0 Å². The Hall–Kier alpha value is -1.55. The molecule has 4 nitrogen and oxygen atoms in total.